The smallest absolute Gasteiger partial charge is 0.262 e. The summed E-state index contributed by atoms with van der Waals surface area (Å²) in [6, 6.07) is 9.29. The van der Waals surface area contributed by atoms with Gasteiger partial charge in [-0.25, -0.2) is 15.0 Å². The molecule has 8 heteroatoms. The van der Waals surface area contributed by atoms with Crippen molar-refractivity contribution in [1.29, 1.82) is 5.26 Å². The summed E-state index contributed by atoms with van der Waals surface area (Å²) >= 11 is 3.19. The standard InChI is InChI=1S/C20H17N5OS2/c1-11-12(2)28-19-17(11)18(22-13(3)23-19)27-10-16-24-15-7-5-4-6-14(15)20(26)25(16)9-8-21/h4-7H,9-10H2,1-3H3. The van der Waals surface area contributed by atoms with Crippen molar-refractivity contribution in [3.05, 3.63) is 56.7 Å². The minimum atomic E-state index is -0.186. The normalized spacial score (nSPS) is 11.2. The van der Waals surface area contributed by atoms with Gasteiger partial charge in [-0.1, -0.05) is 23.9 Å². The number of thiophene rings is 1. The summed E-state index contributed by atoms with van der Waals surface area (Å²) < 4.78 is 1.45. The fourth-order valence-electron chi connectivity index (χ4n) is 3.11. The topological polar surface area (TPSA) is 84.5 Å². The van der Waals surface area contributed by atoms with E-state index >= 15 is 0 Å². The van der Waals surface area contributed by atoms with Crippen molar-refractivity contribution in [2.24, 2.45) is 0 Å². The molecule has 0 spiro atoms. The molecular weight excluding hydrogens is 390 g/mol. The number of thioether (sulfide) groups is 1. The molecule has 1 aromatic carbocycles. The maximum absolute atomic E-state index is 12.8. The number of nitriles is 1. The lowest BCUT2D eigenvalue weighted by Gasteiger charge is -2.11. The summed E-state index contributed by atoms with van der Waals surface area (Å²) in [5.74, 6) is 1.74. The quantitative estimate of drug-likeness (QED) is 0.373. The highest BCUT2D eigenvalue weighted by atomic mass is 32.2. The number of hydrogen-bond donors (Lipinski definition) is 0. The second kappa shape index (κ2) is 7.34. The first-order valence-corrected chi connectivity index (χ1v) is 10.5. The van der Waals surface area contributed by atoms with E-state index < -0.39 is 0 Å². The zero-order chi connectivity index (χ0) is 19.8. The lowest BCUT2D eigenvalue weighted by Crippen LogP contribution is -2.24. The van der Waals surface area contributed by atoms with Gasteiger partial charge in [0.1, 0.15) is 28.0 Å². The van der Waals surface area contributed by atoms with Gasteiger partial charge in [-0.05, 0) is 38.5 Å². The number of para-hydroxylation sites is 1. The van der Waals surface area contributed by atoms with Gasteiger partial charge in [-0.2, -0.15) is 5.26 Å². The molecule has 0 atom stereocenters. The highest BCUT2D eigenvalue weighted by Gasteiger charge is 2.16. The van der Waals surface area contributed by atoms with Gasteiger partial charge in [0.2, 0.25) is 0 Å². The number of aromatic nitrogens is 4. The van der Waals surface area contributed by atoms with E-state index in [1.54, 1.807) is 23.5 Å². The first-order valence-electron chi connectivity index (χ1n) is 8.72. The third-order valence-corrected chi connectivity index (χ3v) is 6.69. The molecule has 0 saturated heterocycles. The zero-order valence-electron chi connectivity index (χ0n) is 15.7. The van der Waals surface area contributed by atoms with Crippen molar-refractivity contribution in [1.82, 2.24) is 19.5 Å². The van der Waals surface area contributed by atoms with E-state index in [1.165, 1.54) is 26.8 Å². The molecule has 0 radical (unpaired) electrons. The van der Waals surface area contributed by atoms with E-state index in [1.807, 2.05) is 19.1 Å². The molecule has 0 N–H and O–H groups in total. The summed E-state index contributed by atoms with van der Waals surface area (Å²) in [5.41, 5.74) is 1.64. The average Bonchev–Trinajstić information content (AvgIpc) is 2.96. The number of rotatable bonds is 4. The molecule has 0 aliphatic carbocycles. The van der Waals surface area contributed by atoms with Gasteiger partial charge in [0.15, 0.2) is 0 Å². The van der Waals surface area contributed by atoms with Crippen LogP contribution < -0.4 is 5.56 Å². The van der Waals surface area contributed by atoms with Crippen molar-refractivity contribution >= 4 is 44.2 Å². The molecule has 0 unspecified atom stereocenters. The van der Waals surface area contributed by atoms with Crippen LogP contribution in [0.2, 0.25) is 0 Å². The van der Waals surface area contributed by atoms with E-state index in [0.29, 0.717) is 22.5 Å². The molecule has 0 saturated carbocycles. The predicted molar refractivity (Wildman–Crippen MR) is 113 cm³/mol. The minimum Gasteiger partial charge on any atom is -0.281 e. The molecule has 0 aliphatic heterocycles. The van der Waals surface area contributed by atoms with Crippen LogP contribution in [0.3, 0.4) is 0 Å². The van der Waals surface area contributed by atoms with Gasteiger partial charge in [-0.15, -0.1) is 11.3 Å². The predicted octanol–water partition coefficient (Wildman–Crippen LogP) is 4.14. The molecule has 3 aromatic heterocycles. The molecule has 3 heterocycles. The Kier molecular flexibility index (Phi) is 4.87. The van der Waals surface area contributed by atoms with Gasteiger partial charge in [-0.3, -0.25) is 9.36 Å². The molecule has 28 heavy (non-hydrogen) atoms. The van der Waals surface area contributed by atoms with Crippen LogP contribution in [0.1, 0.15) is 22.1 Å². The van der Waals surface area contributed by atoms with Crippen LogP contribution >= 0.6 is 23.1 Å². The minimum absolute atomic E-state index is 0.0264. The van der Waals surface area contributed by atoms with E-state index in [9.17, 15) is 10.1 Å². The second-order valence-corrected chi connectivity index (χ2v) is 8.59. The molecule has 0 amide bonds. The van der Waals surface area contributed by atoms with Gasteiger partial charge >= 0.3 is 0 Å². The summed E-state index contributed by atoms with van der Waals surface area (Å²) in [6.07, 6.45) is 0. The third-order valence-electron chi connectivity index (χ3n) is 4.61. The highest BCUT2D eigenvalue weighted by molar-refractivity contribution is 7.98. The van der Waals surface area contributed by atoms with Crippen LogP contribution in [0.15, 0.2) is 34.1 Å². The Hall–Kier alpha value is -2.76. The SMILES string of the molecule is Cc1nc(SCc2nc3ccccc3c(=O)n2CC#N)c2c(C)c(C)sc2n1. The number of nitrogens with zero attached hydrogens (tertiary/aromatic N) is 5. The highest BCUT2D eigenvalue weighted by Crippen LogP contribution is 2.36. The first kappa shape index (κ1) is 18.6. The van der Waals surface area contributed by atoms with Crippen LogP contribution in [-0.4, -0.2) is 19.5 Å². The van der Waals surface area contributed by atoms with E-state index in [2.05, 4.69) is 34.9 Å². The Balaban J connectivity index is 1.80. The Morgan fingerprint density at radius 1 is 1.18 bits per heavy atom. The van der Waals surface area contributed by atoms with Gasteiger partial charge in [0.25, 0.3) is 5.56 Å². The van der Waals surface area contributed by atoms with Crippen LogP contribution in [0, 0.1) is 32.1 Å². The van der Waals surface area contributed by atoms with E-state index in [4.69, 9.17) is 0 Å². The molecule has 0 bridgehead atoms. The number of fused-ring (bicyclic) bond motifs is 2. The number of aryl methyl sites for hydroxylation is 3. The van der Waals surface area contributed by atoms with Crippen LogP contribution in [-0.2, 0) is 12.3 Å². The molecule has 140 valence electrons. The fourth-order valence-corrected chi connectivity index (χ4v) is 5.33. The van der Waals surface area contributed by atoms with Crippen molar-refractivity contribution < 1.29 is 0 Å². The van der Waals surface area contributed by atoms with Crippen molar-refractivity contribution in [3.8, 4) is 6.07 Å². The first-order chi connectivity index (χ1) is 13.5. The molecule has 4 aromatic rings. The molecule has 4 rings (SSSR count). The maximum Gasteiger partial charge on any atom is 0.262 e. The Labute approximate surface area is 169 Å². The summed E-state index contributed by atoms with van der Waals surface area (Å²) in [5, 5.41) is 11.7. The zero-order valence-corrected chi connectivity index (χ0v) is 17.3. The lowest BCUT2D eigenvalue weighted by molar-refractivity contribution is 0.730. The van der Waals surface area contributed by atoms with Crippen molar-refractivity contribution in [2.75, 3.05) is 0 Å². The molecular formula is C20H17N5OS2. The lowest BCUT2D eigenvalue weighted by atomic mass is 10.2. The average molecular weight is 408 g/mol. The molecule has 6 nitrogen and oxygen atoms in total. The third kappa shape index (κ3) is 3.17. The van der Waals surface area contributed by atoms with Crippen LogP contribution in [0.25, 0.3) is 21.1 Å². The van der Waals surface area contributed by atoms with Crippen molar-refractivity contribution in [2.45, 2.75) is 38.1 Å². The molecule has 0 fully saturated rings. The number of benzene rings is 1. The van der Waals surface area contributed by atoms with Crippen molar-refractivity contribution in [3.63, 3.8) is 0 Å². The van der Waals surface area contributed by atoms with Gasteiger partial charge in [0, 0.05) is 10.3 Å². The van der Waals surface area contributed by atoms with E-state index in [-0.39, 0.29) is 12.1 Å². The summed E-state index contributed by atoms with van der Waals surface area (Å²) in [6.45, 7) is 6.02. The van der Waals surface area contributed by atoms with Gasteiger partial charge in [0.05, 0.1) is 22.7 Å². The molecule has 0 aliphatic rings. The Bertz CT molecular complexity index is 1320. The second-order valence-electron chi connectivity index (χ2n) is 6.42. The monoisotopic (exact) mass is 407 g/mol. The number of hydrogen-bond acceptors (Lipinski definition) is 7. The summed E-state index contributed by atoms with van der Waals surface area (Å²) in [7, 11) is 0. The van der Waals surface area contributed by atoms with Crippen LogP contribution in [0.4, 0.5) is 0 Å². The fraction of sp³-hybridized carbons (Fsp3) is 0.250. The van der Waals surface area contributed by atoms with E-state index in [0.717, 1.165) is 21.1 Å². The maximum atomic E-state index is 12.8. The Morgan fingerprint density at radius 2 is 1.96 bits per heavy atom. The largest absolute Gasteiger partial charge is 0.281 e. The van der Waals surface area contributed by atoms with Crippen LogP contribution in [0.5, 0.6) is 0 Å². The Morgan fingerprint density at radius 3 is 2.75 bits per heavy atom. The summed E-state index contributed by atoms with van der Waals surface area (Å²) in [4.78, 5) is 28.8. The van der Waals surface area contributed by atoms with Gasteiger partial charge < -0.3 is 0 Å².